The quantitative estimate of drug-likeness (QED) is 0.606. The molecule has 0 aliphatic carbocycles. The topological polar surface area (TPSA) is 51.2 Å². The van der Waals surface area contributed by atoms with Crippen molar-refractivity contribution < 1.29 is 19.0 Å². The van der Waals surface area contributed by atoms with Crippen LogP contribution < -0.4 is 9.47 Å². The van der Waals surface area contributed by atoms with Gasteiger partial charge in [-0.1, -0.05) is 36.2 Å². The summed E-state index contributed by atoms with van der Waals surface area (Å²) in [6.07, 6.45) is 4.99. The van der Waals surface area contributed by atoms with E-state index in [4.69, 9.17) is 25.8 Å². The van der Waals surface area contributed by atoms with Gasteiger partial charge in [-0.15, -0.1) is 0 Å². The number of halogens is 1. The number of benzene rings is 2. The second-order valence-corrected chi connectivity index (χ2v) is 9.46. The number of piperidine rings is 1. The summed E-state index contributed by atoms with van der Waals surface area (Å²) in [5.74, 6) is 1.25. The number of amides is 1. The first-order valence-electron chi connectivity index (χ1n) is 12.2. The maximum absolute atomic E-state index is 13.7. The normalized spacial score (nSPS) is 22.4. The Balaban J connectivity index is 1.61. The van der Waals surface area contributed by atoms with Crippen LogP contribution >= 0.6 is 11.6 Å². The van der Waals surface area contributed by atoms with Gasteiger partial charge in [0.15, 0.2) is 0 Å². The lowest BCUT2D eigenvalue weighted by atomic mass is 9.93. The van der Waals surface area contributed by atoms with Crippen molar-refractivity contribution in [3.05, 3.63) is 58.6 Å². The minimum absolute atomic E-state index is 0.0107. The molecule has 0 N–H and O–H groups in total. The van der Waals surface area contributed by atoms with Gasteiger partial charge in [-0.25, -0.2) is 0 Å². The first-order valence-corrected chi connectivity index (χ1v) is 12.6. The van der Waals surface area contributed by atoms with E-state index < -0.39 is 0 Å². The van der Waals surface area contributed by atoms with E-state index >= 15 is 0 Å². The first kappa shape index (κ1) is 24.8. The molecule has 2 aliphatic rings. The largest absolute Gasteiger partial charge is 0.497 e. The second-order valence-electron chi connectivity index (χ2n) is 9.06. The summed E-state index contributed by atoms with van der Waals surface area (Å²) in [4.78, 5) is 18.1. The van der Waals surface area contributed by atoms with Gasteiger partial charge in [0.25, 0.3) is 5.91 Å². The third-order valence-corrected chi connectivity index (χ3v) is 7.31. The summed E-state index contributed by atoms with van der Waals surface area (Å²) >= 11 is 6.44. The Hall–Kier alpha value is -2.28. The molecule has 1 saturated heterocycles. The zero-order valence-electron chi connectivity index (χ0n) is 20.2. The van der Waals surface area contributed by atoms with E-state index in [-0.39, 0.29) is 18.1 Å². The van der Waals surface area contributed by atoms with E-state index in [1.807, 2.05) is 41.3 Å². The third-order valence-electron chi connectivity index (χ3n) is 6.94. The molecule has 2 aliphatic heterocycles. The number of rotatable bonds is 4. The SMILES string of the molecule is COc1ccc2c(c1)OCCN(Cc1ccccc1Cl)CCCC[C@@H]1[C@H](OC)CCCN1C2=O. The maximum Gasteiger partial charge on any atom is 0.257 e. The van der Waals surface area contributed by atoms with Crippen LogP contribution in [0.25, 0.3) is 0 Å². The van der Waals surface area contributed by atoms with Crippen molar-refractivity contribution >= 4 is 17.5 Å². The smallest absolute Gasteiger partial charge is 0.257 e. The molecule has 0 unspecified atom stereocenters. The Morgan fingerprint density at radius 3 is 2.68 bits per heavy atom. The van der Waals surface area contributed by atoms with Crippen molar-refractivity contribution in [2.24, 2.45) is 0 Å². The Labute approximate surface area is 207 Å². The average Bonchev–Trinajstić information content (AvgIpc) is 2.87. The van der Waals surface area contributed by atoms with Gasteiger partial charge in [-0.2, -0.15) is 0 Å². The van der Waals surface area contributed by atoms with Gasteiger partial charge in [0.2, 0.25) is 0 Å². The number of carbonyl (C=O) groups excluding carboxylic acids is 1. The highest BCUT2D eigenvalue weighted by Crippen LogP contribution is 2.31. The van der Waals surface area contributed by atoms with Gasteiger partial charge in [-0.05, 0) is 56.0 Å². The Morgan fingerprint density at radius 2 is 1.88 bits per heavy atom. The first-order chi connectivity index (χ1) is 16.6. The Kier molecular flexibility index (Phi) is 8.70. The van der Waals surface area contributed by atoms with Gasteiger partial charge in [-0.3, -0.25) is 9.69 Å². The lowest BCUT2D eigenvalue weighted by molar-refractivity contribution is -0.0155. The molecule has 2 aromatic rings. The standard InChI is InChI=1S/C27H35ClN2O4/c1-32-21-12-13-22-26(18-21)34-17-16-29(19-20-8-3-4-9-23(20)28)14-6-5-10-24-25(33-2)11-7-15-30(24)27(22)31/h3-4,8-9,12-13,18,24-25H,5-7,10-11,14-17,19H2,1-2H3/t24-,25-/m1/s1. The molecule has 0 saturated carbocycles. The van der Waals surface area contributed by atoms with Crippen molar-refractivity contribution in [2.45, 2.75) is 50.8 Å². The zero-order valence-corrected chi connectivity index (χ0v) is 20.9. The molecule has 2 atom stereocenters. The summed E-state index contributed by atoms with van der Waals surface area (Å²) in [5.41, 5.74) is 1.70. The predicted octanol–water partition coefficient (Wildman–Crippen LogP) is 5.03. The van der Waals surface area contributed by atoms with E-state index in [9.17, 15) is 4.79 Å². The molecule has 1 amide bonds. The number of fused-ring (bicyclic) bond motifs is 2. The zero-order chi connectivity index (χ0) is 23.9. The van der Waals surface area contributed by atoms with Crippen LogP contribution in [0.4, 0.5) is 0 Å². The van der Waals surface area contributed by atoms with Crippen molar-refractivity contribution in [3.63, 3.8) is 0 Å². The van der Waals surface area contributed by atoms with Crippen LogP contribution in [0.5, 0.6) is 11.5 Å². The summed E-state index contributed by atoms with van der Waals surface area (Å²) < 4.78 is 17.4. The summed E-state index contributed by atoms with van der Waals surface area (Å²) in [5, 5.41) is 0.785. The van der Waals surface area contributed by atoms with Gasteiger partial charge in [0.1, 0.15) is 18.1 Å². The van der Waals surface area contributed by atoms with Crippen LogP contribution in [0.3, 0.4) is 0 Å². The fraction of sp³-hybridized carbons (Fsp3) is 0.519. The molecule has 4 rings (SSSR count). The summed E-state index contributed by atoms with van der Waals surface area (Å²) in [6.45, 7) is 3.67. The van der Waals surface area contributed by atoms with Crippen LogP contribution in [0.15, 0.2) is 42.5 Å². The minimum Gasteiger partial charge on any atom is -0.497 e. The minimum atomic E-state index is 0.0107. The molecule has 0 spiro atoms. The molecular weight excluding hydrogens is 452 g/mol. The fourth-order valence-electron chi connectivity index (χ4n) is 5.08. The van der Waals surface area contributed by atoms with Crippen LogP contribution in [0, 0.1) is 0 Å². The van der Waals surface area contributed by atoms with Crippen molar-refractivity contribution in [3.8, 4) is 11.5 Å². The Morgan fingerprint density at radius 1 is 1.03 bits per heavy atom. The molecule has 0 radical (unpaired) electrons. The van der Waals surface area contributed by atoms with Gasteiger partial charge in [0.05, 0.1) is 24.8 Å². The molecule has 34 heavy (non-hydrogen) atoms. The average molecular weight is 487 g/mol. The highest BCUT2D eigenvalue weighted by molar-refractivity contribution is 6.31. The highest BCUT2D eigenvalue weighted by atomic mass is 35.5. The van der Waals surface area contributed by atoms with E-state index in [0.717, 1.165) is 68.9 Å². The van der Waals surface area contributed by atoms with Gasteiger partial charge in [0, 0.05) is 37.8 Å². The number of carbonyl (C=O) groups is 1. The van der Waals surface area contributed by atoms with Crippen molar-refractivity contribution in [1.29, 1.82) is 0 Å². The van der Waals surface area contributed by atoms with Crippen LogP contribution in [0.2, 0.25) is 5.02 Å². The molecule has 1 fully saturated rings. The number of nitrogens with zero attached hydrogens (tertiary/aromatic N) is 2. The van der Waals surface area contributed by atoms with Crippen molar-refractivity contribution in [2.75, 3.05) is 40.5 Å². The molecule has 0 aromatic heterocycles. The van der Waals surface area contributed by atoms with Gasteiger partial charge < -0.3 is 19.1 Å². The van der Waals surface area contributed by atoms with E-state index in [1.165, 1.54) is 0 Å². The maximum atomic E-state index is 13.7. The third kappa shape index (κ3) is 5.85. The predicted molar refractivity (Wildman–Crippen MR) is 134 cm³/mol. The Bertz CT molecular complexity index is 969. The molecular formula is C27H35ClN2O4. The molecule has 184 valence electrons. The molecule has 7 heteroatoms. The lowest BCUT2D eigenvalue weighted by Crippen LogP contribution is -2.51. The fourth-order valence-corrected chi connectivity index (χ4v) is 5.28. The van der Waals surface area contributed by atoms with Crippen LogP contribution in [-0.4, -0.2) is 68.3 Å². The number of hydrogen-bond acceptors (Lipinski definition) is 5. The number of methoxy groups -OCH3 is 2. The monoisotopic (exact) mass is 486 g/mol. The van der Waals surface area contributed by atoms with Crippen molar-refractivity contribution in [1.82, 2.24) is 9.80 Å². The van der Waals surface area contributed by atoms with E-state index in [1.54, 1.807) is 14.2 Å². The molecule has 2 heterocycles. The van der Waals surface area contributed by atoms with Crippen LogP contribution in [0.1, 0.15) is 48.0 Å². The van der Waals surface area contributed by atoms with E-state index in [0.29, 0.717) is 23.7 Å². The van der Waals surface area contributed by atoms with Crippen LogP contribution in [-0.2, 0) is 11.3 Å². The molecule has 0 bridgehead atoms. The molecule has 6 nitrogen and oxygen atoms in total. The lowest BCUT2D eigenvalue weighted by Gasteiger charge is -2.41. The molecule has 2 aromatic carbocycles. The highest BCUT2D eigenvalue weighted by Gasteiger charge is 2.35. The van der Waals surface area contributed by atoms with E-state index in [2.05, 4.69) is 11.0 Å². The number of hydrogen-bond donors (Lipinski definition) is 0. The number of ether oxygens (including phenoxy) is 3. The second kappa shape index (κ2) is 11.9. The van der Waals surface area contributed by atoms with Gasteiger partial charge >= 0.3 is 0 Å². The summed E-state index contributed by atoms with van der Waals surface area (Å²) in [7, 11) is 3.38. The summed E-state index contributed by atoms with van der Waals surface area (Å²) in [6, 6.07) is 13.5.